The van der Waals surface area contributed by atoms with Crippen molar-refractivity contribution in [2.24, 2.45) is 0 Å². The van der Waals surface area contributed by atoms with Crippen molar-refractivity contribution >= 4 is 11.9 Å². The molecular weight excluding hydrogens is 316 g/mol. The first-order valence-electron chi connectivity index (χ1n) is 9.77. The molecule has 5 nitrogen and oxygen atoms in total. The highest BCUT2D eigenvalue weighted by Gasteiger charge is 2.18. The third kappa shape index (κ3) is 13.6. The summed E-state index contributed by atoms with van der Waals surface area (Å²) < 4.78 is 0.568. The van der Waals surface area contributed by atoms with Gasteiger partial charge in [0, 0.05) is 13.1 Å². The molecule has 25 heavy (non-hydrogen) atoms. The van der Waals surface area contributed by atoms with Crippen molar-refractivity contribution in [2.75, 3.05) is 40.3 Å². The second-order valence-corrected chi connectivity index (χ2v) is 7.52. The van der Waals surface area contributed by atoms with Gasteiger partial charge in [-0.05, 0) is 32.3 Å². The summed E-state index contributed by atoms with van der Waals surface area (Å²) in [6.45, 7) is 8.27. The third-order valence-corrected chi connectivity index (χ3v) is 4.62. The number of unbranched alkanes of at least 4 members (excludes halogenated alkanes) is 8. The first kappa shape index (κ1) is 23.6. The van der Waals surface area contributed by atoms with Crippen LogP contribution in [0.5, 0.6) is 0 Å². The van der Waals surface area contributed by atoms with Crippen molar-refractivity contribution in [3.05, 3.63) is 12.7 Å². The van der Waals surface area contributed by atoms with Gasteiger partial charge < -0.3 is 14.5 Å². The number of aliphatic carboxylic acids is 1. The average molecular weight is 356 g/mol. The van der Waals surface area contributed by atoms with Crippen LogP contribution in [0.3, 0.4) is 0 Å². The van der Waals surface area contributed by atoms with Gasteiger partial charge in [-0.3, -0.25) is 4.79 Å². The molecule has 0 aromatic carbocycles. The van der Waals surface area contributed by atoms with Crippen LogP contribution in [0.4, 0.5) is 0 Å². The van der Waals surface area contributed by atoms with E-state index in [1.54, 1.807) is 0 Å². The van der Waals surface area contributed by atoms with E-state index in [0.717, 1.165) is 32.5 Å². The highest BCUT2D eigenvalue weighted by molar-refractivity contribution is 5.86. The fourth-order valence-electron chi connectivity index (χ4n) is 3.08. The van der Waals surface area contributed by atoms with Crippen LogP contribution < -0.4 is 0 Å². The summed E-state index contributed by atoms with van der Waals surface area (Å²) in [4.78, 5) is 24.1. The molecule has 5 heteroatoms. The van der Waals surface area contributed by atoms with Gasteiger partial charge in [0.1, 0.15) is 0 Å². The van der Waals surface area contributed by atoms with Gasteiger partial charge in [-0.2, -0.15) is 0 Å². The zero-order chi connectivity index (χ0) is 19.1. The Hall–Kier alpha value is -1.36. The molecule has 146 valence electrons. The van der Waals surface area contributed by atoms with Gasteiger partial charge in [0.05, 0.1) is 20.6 Å². The minimum Gasteiger partial charge on any atom is -0.477 e. The first-order valence-corrected chi connectivity index (χ1v) is 9.77. The molecule has 1 N–H and O–H groups in total. The molecular formula is C20H39N2O3+. The van der Waals surface area contributed by atoms with E-state index in [2.05, 4.69) is 6.58 Å². The number of carbonyl (C=O) groups is 2. The maximum atomic E-state index is 11.5. The van der Waals surface area contributed by atoms with E-state index in [4.69, 9.17) is 5.11 Å². The second-order valence-electron chi connectivity index (χ2n) is 7.52. The number of carbonyl (C=O) groups excluding carboxylic acids is 1. The number of carboxylic acid groups (broad SMARTS) is 1. The van der Waals surface area contributed by atoms with E-state index < -0.39 is 5.97 Å². The fraction of sp³-hybridized carbons (Fsp3) is 0.800. The van der Waals surface area contributed by atoms with Crippen molar-refractivity contribution < 1.29 is 19.2 Å². The molecule has 0 fully saturated rings. The highest BCUT2D eigenvalue weighted by atomic mass is 16.4. The molecule has 0 rings (SSSR count). The normalized spacial score (nSPS) is 11.3. The lowest BCUT2D eigenvalue weighted by molar-refractivity contribution is -0.883. The molecule has 0 saturated heterocycles. The van der Waals surface area contributed by atoms with Crippen LogP contribution in [-0.4, -0.2) is 66.6 Å². The van der Waals surface area contributed by atoms with Crippen LogP contribution in [-0.2, 0) is 9.59 Å². The van der Waals surface area contributed by atoms with Crippen molar-refractivity contribution in [1.29, 1.82) is 0 Å². The summed E-state index contributed by atoms with van der Waals surface area (Å²) in [5.74, 6) is -0.687. The van der Waals surface area contributed by atoms with Gasteiger partial charge in [0.15, 0.2) is 6.54 Å². The van der Waals surface area contributed by atoms with Gasteiger partial charge in [-0.1, -0.05) is 45.1 Å². The Morgan fingerprint density at radius 2 is 1.44 bits per heavy atom. The Morgan fingerprint density at radius 3 is 1.88 bits per heavy atom. The molecule has 1 amide bonds. The zero-order valence-electron chi connectivity index (χ0n) is 16.6. The smallest absolute Gasteiger partial charge is 0.359 e. The minimum atomic E-state index is -0.721. The van der Waals surface area contributed by atoms with Gasteiger partial charge in [0.2, 0.25) is 5.91 Å². The molecule has 0 saturated carbocycles. The third-order valence-electron chi connectivity index (χ3n) is 4.62. The second kappa shape index (κ2) is 13.9. The van der Waals surface area contributed by atoms with E-state index >= 15 is 0 Å². The Balaban J connectivity index is 3.46. The van der Waals surface area contributed by atoms with Crippen LogP contribution >= 0.6 is 0 Å². The molecule has 0 unspecified atom stereocenters. The Morgan fingerprint density at radius 1 is 0.960 bits per heavy atom. The quantitative estimate of drug-likeness (QED) is 0.261. The molecule has 0 atom stereocenters. The van der Waals surface area contributed by atoms with Crippen LogP contribution in [0, 0.1) is 0 Å². The maximum Gasteiger partial charge on any atom is 0.359 e. The van der Waals surface area contributed by atoms with Gasteiger partial charge >= 0.3 is 5.97 Å². The number of quaternary nitrogens is 1. The molecule has 0 aliphatic heterocycles. The zero-order valence-corrected chi connectivity index (χ0v) is 16.6. The molecule has 0 aliphatic carbocycles. The monoisotopic (exact) mass is 355 g/mol. The number of carboxylic acids is 1. The summed E-state index contributed by atoms with van der Waals surface area (Å²) in [7, 11) is 3.97. The van der Waals surface area contributed by atoms with Crippen molar-refractivity contribution in [1.82, 2.24) is 4.90 Å². The fourth-order valence-corrected chi connectivity index (χ4v) is 3.08. The predicted molar refractivity (Wildman–Crippen MR) is 103 cm³/mol. The Bertz CT molecular complexity index is 394. The van der Waals surface area contributed by atoms with E-state index in [-0.39, 0.29) is 12.5 Å². The van der Waals surface area contributed by atoms with E-state index in [1.165, 1.54) is 51.0 Å². The van der Waals surface area contributed by atoms with Crippen LogP contribution in [0.1, 0.15) is 64.7 Å². The lowest BCUT2D eigenvalue weighted by Crippen LogP contribution is -2.44. The molecule has 0 aromatic heterocycles. The highest BCUT2D eigenvalue weighted by Crippen LogP contribution is 2.11. The molecule has 0 heterocycles. The largest absolute Gasteiger partial charge is 0.477 e. The summed E-state index contributed by atoms with van der Waals surface area (Å²) in [5, 5.41) is 8.86. The molecule has 0 bridgehead atoms. The Labute approximate surface area is 154 Å². The van der Waals surface area contributed by atoms with Gasteiger partial charge in [0.25, 0.3) is 0 Å². The topological polar surface area (TPSA) is 57.6 Å². The number of hydrogen-bond acceptors (Lipinski definition) is 2. The minimum absolute atomic E-state index is 0.0349. The lowest BCUT2D eigenvalue weighted by Gasteiger charge is -2.27. The van der Waals surface area contributed by atoms with E-state index in [9.17, 15) is 9.59 Å². The summed E-state index contributed by atoms with van der Waals surface area (Å²) in [5.41, 5.74) is 0. The number of amides is 1. The van der Waals surface area contributed by atoms with Crippen LogP contribution in [0.2, 0.25) is 0 Å². The SMILES string of the molecule is C=CC(=O)N(CC)CCCCCCCCCCC[N+](C)(C)CC(=O)O. The van der Waals surface area contributed by atoms with E-state index in [1.807, 2.05) is 25.9 Å². The number of hydrogen-bond donors (Lipinski definition) is 1. The first-order chi connectivity index (χ1) is 11.8. The number of rotatable bonds is 16. The standard InChI is InChI=1S/C20H38N2O3/c1-5-19(23)21(6-2)16-14-12-10-8-7-9-11-13-15-17-22(3,4)18-20(24)25/h5H,1,6-18H2,2-4H3/p+1. The molecule has 0 spiro atoms. The van der Waals surface area contributed by atoms with E-state index in [0.29, 0.717) is 4.48 Å². The van der Waals surface area contributed by atoms with Crippen molar-refractivity contribution in [3.8, 4) is 0 Å². The molecule has 0 aromatic rings. The summed E-state index contributed by atoms with van der Waals surface area (Å²) in [6, 6.07) is 0. The molecule has 0 radical (unpaired) electrons. The molecule has 0 aliphatic rings. The van der Waals surface area contributed by atoms with Crippen molar-refractivity contribution in [3.63, 3.8) is 0 Å². The van der Waals surface area contributed by atoms with Crippen molar-refractivity contribution in [2.45, 2.75) is 64.7 Å². The maximum absolute atomic E-state index is 11.5. The average Bonchev–Trinajstić information content (AvgIpc) is 2.54. The predicted octanol–water partition coefficient (Wildman–Crippen LogP) is 3.69. The van der Waals surface area contributed by atoms with Gasteiger partial charge in [-0.25, -0.2) is 4.79 Å². The van der Waals surface area contributed by atoms with Crippen LogP contribution in [0.25, 0.3) is 0 Å². The Kier molecular flexibility index (Phi) is 13.1. The summed E-state index contributed by atoms with van der Waals surface area (Å²) in [6.07, 6.45) is 12.2. The number of nitrogens with zero attached hydrogens (tertiary/aromatic N) is 2. The lowest BCUT2D eigenvalue weighted by atomic mass is 10.1. The van der Waals surface area contributed by atoms with Gasteiger partial charge in [-0.15, -0.1) is 0 Å². The van der Waals surface area contributed by atoms with Crippen LogP contribution in [0.15, 0.2) is 12.7 Å². The summed E-state index contributed by atoms with van der Waals surface area (Å²) >= 11 is 0. The number of likely N-dealkylation sites (N-methyl/N-ethyl adjacent to an activating group) is 2.